The van der Waals surface area contributed by atoms with E-state index in [0.717, 1.165) is 11.2 Å². The van der Waals surface area contributed by atoms with Gasteiger partial charge in [-0.2, -0.15) is 0 Å². The lowest BCUT2D eigenvalue weighted by molar-refractivity contribution is -0.105. The molecule has 0 aliphatic carbocycles. The van der Waals surface area contributed by atoms with E-state index in [-0.39, 0.29) is 5.75 Å². The molecule has 0 bridgehead atoms. The SMILES string of the molecule is O=CCSc1ccc(O)cc1. The van der Waals surface area contributed by atoms with Crippen LogP contribution in [0.25, 0.3) is 0 Å². The van der Waals surface area contributed by atoms with Gasteiger partial charge in [0.1, 0.15) is 12.0 Å². The van der Waals surface area contributed by atoms with Crippen LogP contribution in [0.4, 0.5) is 0 Å². The van der Waals surface area contributed by atoms with E-state index in [4.69, 9.17) is 5.11 Å². The lowest BCUT2D eigenvalue weighted by Crippen LogP contribution is -1.77. The summed E-state index contributed by atoms with van der Waals surface area (Å²) in [7, 11) is 0. The molecule has 0 radical (unpaired) electrons. The van der Waals surface area contributed by atoms with Crippen molar-refractivity contribution in [1.29, 1.82) is 0 Å². The van der Waals surface area contributed by atoms with Crippen LogP contribution >= 0.6 is 11.8 Å². The monoisotopic (exact) mass is 168 g/mol. The van der Waals surface area contributed by atoms with Gasteiger partial charge in [-0.3, -0.25) is 0 Å². The molecule has 0 spiro atoms. The van der Waals surface area contributed by atoms with Crippen LogP contribution < -0.4 is 0 Å². The summed E-state index contributed by atoms with van der Waals surface area (Å²) in [6.45, 7) is 0. The minimum Gasteiger partial charge on any atom is -0.508 e. The molecular weight excluding hydrogens is 160 g/mol. The molecule has 3 heteroatoms. The van der Waals surface area contributed by atoms with Gasteiger partial charge in [-0.15, -0.1) is 11.8 Å². The molecule has 0 fully saturated rings. The average Bonchev–Trinajstić information content (AvgIpc) is 2.04. The maximum absolute atomic E-state index is 9.97. The molecule has 2 nitrogen and oxygen atoms in total. The van der Waals surface area contributed by atoms with Crippen LogP contribution in [0.1, 0.15) is 0 Å². The molecule has 0 aromatic heterocycles. The molecule has 1 aromatic rings. The number of carbonyl (C=O) groups excluding carboxylic acids is 1. The molecular formula is C8H8O2S. The first-order valence-corrected chi connectivity index (χ1v) is 4.17. The molecule has 0 aliphatic rings. The standard InChI is InChI=1S/C8H8O2S/c9-5-6-11-8-3-1-7(10)2-4-8/h1-5,10H,6H2. The zero-order valence-electron chi connectivity index (χ0n) is 5.86. The van der Waals surface area contributed by atoms with E-state index in [1.807, 2.05) is 0 Å². The Hall–Kier alpha value is -0.960. The number of carbonyl (C=O) groups is 1. The van der Waals surface area contributed by atoms with Gasteiger partial charge in [0.25, 0.3) is 0 Å². The smallest absolute Gasteiger partial charge is 0.130 e. The van der Waals surface area contributed by atoms with Crippen molar-refractivity contribution < 1.29 is 9.90 Å². The number of hydrogen-bond donors (Lipinski definition) is 1. The third kappa shape index (κ3) is 2.63. The molecule has 0 saturated heterocycles. The fourth-order valence-corrected chi connectivity index (χ4v) is 1.26. The molecule has 0 unspecified atom stereocenters. The van der Waals surface area contributed by atoms with E-state index in [1.165, 1.54) is 11.8 Å². The van der Waals surface area contributed by atoms with Gasteiger partial charge >= 0.3 is 0 Å². The summed E-state index contributed by atoms with van der Waals surface area (Å²) in [6, 6.07) is 6.77. The largest absolute Gasteiger partial charge is 0.508 e. The Bertz CT molecular complexity index is 230. The second kappa shape index (κ2) is 4.03. The summed E-state index contributed by atoms with van der Waals surface area (Å²) in [5.41, 5.74) is 0. The Morgan fingerprint density at radius 3 is 2.55 bits per heavy atom. The summed E-state index contributed by atoms with van der Waals surface area (Å²) in [4.78, 5) is 11.0. The molecule has 0 aliphatic heterocycles. The predicted octanol–water partition coefficient (Wildman–Crippen LogP) is 1.68. The number of phenolic OH excluding ortho intramolecular Hbond substituents is 1. The Kier molecular flexibility index (Phi) is 2.98. The first-order chi connectivity index (χ1) is 5.33. The van der Waals surface area contributed by atoms with Crippen LogP contribution in [-0.2, 0) is 4.79 Å². The van der Waals surface area contributed by atoms with E-state index < -0.39 is 0 Å². The number of rotatable bonds is 3. The zero-order valence-corrected chi connectivity index (χ0v) is 6.67. The number of benzene rings is 1. The minimum absolute atomic E-state index is 0.250. The van der Waals surface area contributed by atoms with Crippen molar-refractivity contribution in [1.82, 2.24) is 0 Å². The van der Waals surface area contributed by atoms with Crippen molar-refractivity contribution in [3.05, 3.63) is 24.3 Å². The van der Waals surface area contributed by atoms with Crippen LogP contribution in [0, 0.1) is 0 Å². The Labute approximate surface area is 69.2 Å². The summed E-state index contributed by atoms with van der Waals surface area (Å²) in [5.74, 6) is 0.713. The predicted molar refractivity (Wildman–Crippen MR) is 44.9 cm³/mol. The van der Waals surface area contributed by atoms with Gasteiger partial charge < -0.3 is 9.90 Å². The first-order valence-electron chi connectivity index (χ1n) is 3.18. The minimum atomic E-state index is 0.250. The second-order valence-corrected chi connectivity index (χ2v) is 3.06. The fraction of sp³-hybridized carbons (Fsp3) is 0.125. The maximum atomic E-state index is 9.97. The Balaban J connectivity index is 2.58. The summed E-state index contributed by atoms with van der Waals surface area (Å²) in [5, 5.41) is 8.90. The summed E-state index contributed by atoms with van der Waals surface area (Å²) < 4.78 is 0. The van der Waals surface area contributed by atoms with Gasteiger partial charge in [0.05, 0.1) is 5.75 Å². The molecule has 0 atom stereocenters. The van der Waals surface area contributed by atoms with Gasteiger partial charge in [0.2, 0.25) is 0 Å². The van der Waals surface area contributed by atoms with Gasteiger partial charge in [-0.1, -0.05) is 0 Å². The first kappa shape index (κ1) is 8.14. The highest BCUT2D eigenvalue weighted by molar-refractivity contribution is 7.99. The molecule has 0 amide bonds. The zero-order chi connectivity index (χ0) is 8.10. The molecule has 1 aromatic carbocycles. The molecule has 0 heterocycles. The fourth-order valence-electron chi connectivity index (χ4n) is 0.673. The van der Waals surface area contributed by atoms with Gasteiger partial charge in [-0.05, 0) is 24.3 Å². The lowest BCUT2D eigenvalue weighted by Gasteiger charge is -1.95. The number of phenols is 1. The number of aldehydes is 1. The van der Waals surface area contributed by atoms with E-state index >= 15 is 0 Å². The molecule has 1 N–H and O–H groups in total. The normalized spacial score (nSPS) is 9.45. The molecule has 1 rings (SSSR count). The third-order valence-electron chi connectivity index (χ3n) is 1.15. The Morgan fingerprint density at radius 1 is 1.36 bits per heavy atom. The third-order valence-corrected chi connectivity index (χ3v) is 2.06. The van der Waals surface area contributed by atoms with E-state index in [2.05, 4.69) is 0 Å². The number of aromatic hydroxyl groups is 1. The van der Waals surface area contributed by atoms with Crippen LogP contribution in [-0.4, -0.2) is 17.1 Å². The van der Waals surface area contributed by atoms with Crippen molar-refractivity contribution in [3.63, 3.8) is 0 Å². The summed E-state index contributed by atoms with van der Waals surface area (Å²) in [6.07, 6.45) is 0.859. The second-order valence-electron chi connectivity index (χ2n) is 1.97. The molecule has 0 saturated carbocycles. The topological polar surface area (TPSA) is 37.3 Å². The van der Waals surface area contributed by atoms with E-state index in [0.29, 0.717) is 5.75 Å². The van der Waals surface area contributed by atoms with Crippen molar-refractivity contribution in [2.45, 2.75) is 4.90 Å². The van der Waals surface area contributed by atoms with Gasteiger partial charge in [-0.25, -0.2) is 0 Å². The Morgan fingerprint density at radius 2 is 2.00 bits per heavy atom. The highest BCUT2D eigenvalue weighted by atomic mass is 32.2. The van der Waals surface area contributed by atoms with Crippen molar-refractivity contribution in [2.75, 3.05) is 5.75 Å². The summed E-state index contributed by atoms with van der Waals surface area (Å²) >= 11 is 1.45. The van der Waals surface area contributed by atoms with Crippen LogP contribution in [0.3, 0.4) is 0 Å². The number of hydrogen-bond acceptors (Lipinski definition) is 3. The van der Waals surface area contributed by atoms with Crippen LogP contribution in [0.15, 0.2) is 29.2 Å². The maximum Gasteiger partial charge on any atom is 0.130 e. The molecule has 58 valence electrons. The highest BCUT2D eigenvalue weighted by Crippen LogP contribution is 2.19. The van der Waals surface area contributed by atoms with Crippen LogP contribution in [0.2, 0.25) is 0 Å². The lowest BCUT2D eigenvalue weighted by atomic mass is 10.3. The van der Waals surface area contributed by atoms with Crippen molar-refractivity contribution in [2.24, 2.45) is 0 Å². The quantitative estimate of drug-likeness (QED) is 0.551. The van der Waals surface area contributed by atoms with Crippen molar-refractivity contribution in [3.8, 4) is 5.75 Å². The van der Waals surface area contributed by atoms with Crippen LogP contribution in [0.5, 0.6) is 5.75 Å². The number of thioether (sulfide) groups is 1. The highest BCUT2D eigenvalue weighted by Gasteiger charge is 1.91. The molecule has 11 heavy (non-hydrogen) atoms. The van der Waals surface area contributed by atoms with Gasteiger partial charge in [0, 0.05) is 4.90 Å². The van der Waals surface area contributed by atoms with E-state index in [1.54, 1.807) is 24.3 Å². The average molecular weight is 168 g/mol. The van der Waals surface area contributed by atoms with Crippen molar-refractivity contribution >= 4 is 18.0 Å². The van der Waals surface area contributed by atoms with E-state index in [9.17, 15) is 4.79 Å². The van der Waals surface area contributed by atoms with Gasteiger partial charge in [0.15, 0.2) is 0 Å².